The first-order chi connectivity index (χ1) is 11.8. The van der Waals surface area contributed by atoms with Crippen LogP contribution in [0.2, 0.25) is 0 Å². The van der Waals surface area contributed by atoms with Gasteiger partial charge in [-0.25, -0.2) is 9.97 Å². The molecule has 0 aliphatic carbocycles. The number of aromatic nitrogens is 3. The van der Waals surface area contributed by atoms with Gasteiger partial charge in [0.15, 0.2) is 5.65 Å². The predicted molar refractivity (Wildman–Crippen MR) is 93.4 cm³/mol. The summed E-state index contributed by atoms with van der Waals surface area (Å²) in [4.78, 5) is 11.5. The Balaban J connectivity index is 1.60. The summed E-state index contributed by atoms with van der Waals surface area (Å²) < 4.78 is 2.15. The van der Waals surface area contributed by atoms with Crippen LogP contribution in [0.25, 0.3) is 11.2 Å². The van der Waals surface area contributed by atoms with E-state index in [-0.39, 0.29) is 6.61 Å². The summed E-state index contributed by atoms with van der Waals surface area (Å²) in [5, 5.41) is 9.73. The topological polar surface area (TPSA) is 54.2 Å². The van der Waals surface area contributed by atoms with Crippen LogP contribution in [0.15, 0.2) is 48.7 Å². The second-order valence-electron chi connectivity index (χ2n) is 6.42. The number of hydrogen-bond acceptors (Lipinski definition) is 4. The molecule has 1 N–H and O–H groups in total. The molecule has 0 saturated carbocycles. The minimum atomic E-state index is -0.0501. The minimum absolute atomic E-state index is 0.0501. The zero-order valence-corrected chi connectivity index (χ0v) is 13.7. The Labute approximate surface area is 141 Å². The standard InChI is InChI=1S/C19H22N4O/c24-14-18-21-17-9-4-10-20-19(17)23(18)16-8-5-11-22(13-16)12-15-6-2-1-3-7-15/h1-4,6-7,9-10,16,24H,5,8,11-14H2/t16-/m1/s1. The van der Waals surface area contributed by atoms with Gasteiger partial charge in [0.05, 0.1) is 0 Å². The summed E-state index contributed by atoms with van der Waals surface area (Å²) in [6.45, 7) is 2.99. The van der Waals surface area contributed by atoms with Crippen molar-refractivity contribution in [2.24, 2.45) is 0 Å². The smallest absolute Gasteiger partial charge is 0.160 e. The normalized spacial score (nSPS) is 19.0. The minimum Gasteiger partial charge on any atom is -0.388 e. The van der Waals surface area contributed by atoms with Crippen LogP contribution in [0.5, 0.6) is 0 Å². The van der Waals surface area contributed by atoms with E-state index < -0.39 is 0 Å². The van der Waals surface area contributed by atoms with E-state index in [1.165, 1.54) is 5.56 Å². The summed E-state index contributed by atoms with van der Waals surface area (Å²) >= 11 is 0. The Morgan fingerprint density at radius 2 is 2.00 bits per heavy atom. The molecule has 5 nitrogen and oxygen atoms in total. The Morgan fingerprint density at radius 1 is 1.12 bits per heavy atom. The molecule has 0 radical (unpaired) electrons. The van der Waals surface area contributed by atoms with E-state index in [4.69, 9.17) is 0 Å². The zero-order valence-electron chi connectivity index (χ0n) is 13.7. The summed E-state index contributed by atoms with van der Waals surface area (Å²) in [6, 6.07) is 14.8. The molecule has 3 aromatic rings. The highest BCUT2D eigenvalue weighted by molar-refractivity contribution is 5.71. The number of likely N-dealkylation sites (tertiary alicyclic amines) is 1. The maximum absolute atomic E-state index is 9.73. The lowest BCUT2D eigenvalue weighted by atomic mass is 10.0. The Morgan fingerprint density at radius 3 is 2.83 bits per heavy atom. The Hall–Kier alpha value is -2.24. The summed E-state index contributed by atoms with van der Waals surface area (Å²) in [5.74, 6) is 0.718. The van der Waals surface area contributed by atoms with Gasteiger partial charge in [-0.2, -0.15) is 0 Å². The van der Waals surface area contributed by atoms with Crippen molar-refractivity contribution >= 4 is 11.2 Å². The highest BCUT2D eigenvalue weighted by atomic mass is 16.3. The van der Waals surface area contributed by atoms with E-state index >= 15 is 0 Å². The number of aliphatic hydroxyl groups is 1. The average Bonchev–Trinajstić information content (AvgIpc) is 3.01. The highest BCUT2D eigenvalue weighted by Gasteiger charge is 2.25. The number of benzene rings is 1. The number of rotatable bonds is 4. The highest BCUT2D eigenvalue weighted by Crippen LogP contribution is 2.27. The second kappa shape index (κ2) is 6.71. The van der Waals surface area contributed by atoms with Crippen LogP contribution in [-0.2, 0) is 13.2 Å². The molecule has 0 unspecified atom stereocenters. The van der Waals surface area contributed by atoms with E-state index in [1.807, 2.05) is 12.1 Å². The van der Waals surface area contributed by atoms with E-state index in [1.54, 1.807) is 6.20 Å². The molecule has 4 rings (SSSR count). The molecule has 0 bridgehead atoms. The van der Waals surface area contributed by atoms with Crippen LogP contribution < -0.4 is 0 Å². The molecule has 1 aromatic carbocycles. The van der Waals surface area contributed by atoms with Crippen molar-refractivity contribution < 1.29 is 5.11 Å². The van der Waals surface area contributed by atoms with Crippen LogP contribution in [-0.4, -0.2) is 37.6 Å². The third-order valence-electron chi connectivity index (χ3n) is 4.76. The van der Waals surface area contributed by atoms with Crippen molar-refractivity contribution in [1.82, 2.24) is 19.4 Å². The number of pyridine rings is 1. The molecule has 1 atom stereocenters. The zero-order chi connectivity index (χ0) is 16.4. The molecule has 1 fully saturated rings. The first-order valence-corrected chi connectivity index (χ1v) is 8.54. The van der Waals surface area contributed by atoms with Gasteiger partial charge >= 0.3 is 0 Å². The molecule has 1 saturated heterocycles. The number of hydrogen-bond donors (Lipinski definition) is 1. The van der Waals surface area contributed by atoms with Crippen molar-refractivity contribution in [1.29, 1.82) is 0 Å². The van der Waals surface area contributed by atoms with E-state index in [0.717, 1.165) is 49.5 Å². The van der Waals surface area contributed by atoms with Crippen molar-refractivity contribution in [2.75, 3.05) is 13.1 Å². The summed E-state index contributed by atoms with van der Waals surface area (Å²) in [6.07, 6.45) is 4.04. The SMILES string of the molecule is OCc1nc2cccnc2n1[C@@H]1CCCN(Cc2ccccc2)C1. The number of piperidine rings is 1. The molecule has 5 heteroatoms. The van der Waals surface area contributed by atoms with Crippen molar-refractivity contribution in [3.63, 3.8) is 0 Å². The molecular weight excluding hydrogens is 300 g/mol. The quantitative estimate of drug-likeness (QED) is 0.802. The second-order valence-corrected chi connectivity index (χ2v) is 6.42. The fourth-order valence-corrected chi connectivity index (χ4v) is 3.70. The van der Waals surface area contributed by atoms with Crippen molar-refractivity contribution in [3.8, 4) is 0 Å². The van der Waals surface area contributed by atoms with Gasteiger partial charge in [0, 0.05) is 25.3 Å². The fraction of sp³-hybridized carbons (Fsp3) is 0.368. The van der Waals surface area contributed by atoms with Gasteiger partial charge in [0.2, 0.25) is 0 Å². The number of fused-ring (bicyclic) bond motifs is 1. The number of nitrogens with zero attached hydrogens (tertiary/aromatic N) is 4. The molecule has 124 valence electrons. The molecule has 0 amide bonds. The van der Waals surface area contributed by atoms with Gasteiger partial charge < -0.3 is 9.67 Å². The van der Waals surface area contributed by atoms with E-state index in [0.29, 0.717) is 6.04 Å². The lowest BCUT2D eigenvalue weighted by Gasteiger charge is -2.34. The molecule has 2 aromatic heterocycles. The molecule has 3 heterocycles. The molecule has 1 aliphatic heterocycles. The largest absolute Gasteiger partial charge is 0.388 e. The molecule has 0 spiro atoms. The molecule has 1 aliphatic rings. The van der Waals surface area contributed by atoms with E-state index in [9.17, 15) is 5.11 Å². The fourth-order valence-electron chi connectivity index (χ4n) is 3.70. The van der Waals surface area contributed by atoms with Gasteiger partial charge in [-0.1, -0.05) is 30.3 Å². The van der Waals surface area contributed by atoms with Gasteiger partial charge in [0.1, 0.15) is 17.9 Å². The van der Waals surface area contributed by atoms with Crippen LogP contribution >= 0.6 is 0 Å². The van der Waals surface area contributed by atoms with Crippen LogP contribution in [0, 0.1) is 0 Å². The first kappa shape index (κ1) is 15.3. The van der Waals surface area contributed by atoms with E-state index in [2.05, 4.69) is 49.8 Å². The van der Waals surface area contributed by atoms with Crippen molar-refractivity contribution in [2.45, 2.75) is 32.0 Å². The molecular formula is C19H22N4O. The lowest BCUT2D eigenvalue weighted by molar-refractivity contribution is 0.165. The third-order valence-corrected chi connectivity index (χ3v) is 4.76. The maximum Gasteiger partial charge on any atom is 0.160 e. The summed E-state index contributed by atoms with van der Waals surface area (Å²) in [7, 11) is 0. The van der Waals surface area contributed by atoms with Gasteiger partial charge in [0.25, 0.3) is 0 Å². The average molecular weight is 322 g/mol. The number of imidazole rings is 1. The third kappa shape index (κ3) is 2.92. The number of aliphatic hydroxyl groups excluding tert-OH is 1. The van der Waals surface area contributed by atoms with Crippen LogP contribution in [0.1, 0.15) is 30.3 Å². The van der Waals surface area contributed by atoms with Crippen molar-refractivity contribution in [3.05, 3.63) is 60.0 Å². The van der Waals surface area contributed by atoms with Gasteiger partial charge in [-0.15, -0.1) is 0 Å². The summed E-state index contributed by atoms with van der Waals surface area (Å²) in [5.41, 5.74) is 3.09. The monoisotopic (exact) mass is 322 g/mol. The van der Waals surface area contributed by atoms with Gasteiger partial charge in [-0.05, 0) is 37.1 Å². The Kier molecular flexibility index (Phi) is 4.28. The van der Waals surface area contributed by atoms with Gasteiger partial charge in [-0.3, -0.25) is 4.90 Å². The maximum atomic E-state index is 9.73. The van der Waals surface area contributed by atoms with Crippen LogP contribution in [0.4, 0.5) is 0 Å². The predicted octanol–water partition coefficient (Wildman–Crippen LogP) is 2.76. The Bertz CT molecular complexity index is 815. The first-order valence-electron chi connectivity index (χ1n) is 8.54. The lowest BCUT2D eigenvalue weighted by Crippen LogP contribution is -2.36. The van der Waals surface area contributed by atoms with Crippen LogP contribution in [0.3, 0.4) is 0 Å². The molecule has 24 heavy (non-hydrogen) atoms.